The van der Waals surface area contributed by atoms with Gasteiger partial charge in [0.2, 0.25) is 0 Å². The lowest BCUT2D eigenvalue weighted by Gasteiger charge is -2.10. The van der Waals surface area contributed by atoms with Crippen LogP contribution in [0.2, 0.25) is 0 Å². The minimum Gasteiger partial charge on any atom is -0.397 e. The maximum absolute atomic E-state index is 11.3. The van der Waals surface area contributed by atoms with Crippen LogP contribution in [0.3, 0.4) is 0 Å². The Kier molecular flexibility index (Phi) is 3.48. The third-order valence-electron chi connectivity index (χ3n) is 2.73. The number of ketones is 1. The summed E-state index contributed by atoms with van der Waals surface area (Å²) >= 11 is 0. The Balaban J connectivity index is 2.29. The second-order valence-electron chi connectivity index (χ2n) is 4.18. The van der Waals surface area contributed by atoms with Crippen molar-refractivity contribution in [2.45, 2.75) is 6.92 Å². The lowest BCUT2D eigenvalue weighted by Crippen LogP contribution is -1.98. The molecule has 0 aromatic heterocycles. The van der Waals surface area contributed by atoms with Gasteiger partial charge < -0.3 is 11.1 Å². The number of nitrogens with two attached hydrogens (primary N) is 1. The highest BCUT2D eigenvalue weighted by molar-refractivity contribution is 5.95. The molecule has 4 nitrogen and oxygen atoms in total. The quantitative estimate of drug-likeness (QED) is 0.649. The van der Waals surface area contributed by atoms with Gasteiger partial charge in [-0.1, -0.05) is 12.1 Å². The number of anilines is 3. The van der Waals surface area contributed by atoms with Gasteiger partial charge in [0, 0.05) is 11.3 Å². The Morgan fingerprint density at radius 2 is 2.05 bits per heavy atom. The van der Waals surface area contributed by atoms with Gasteiger partial charge in [-0.25, -0.2) is 0 Å². The minimum absolute atomic E-state index is 0.0106. The molecule has 0 aliphatic heterocycles. The monoisotopic (exact) mass is 251 g/mol. The number of Topliss-reactive ketones (excluding diaryl/α,β-unsaturated/α-hetero) is 1. The van der Waals surface area contributed by atoms with E-state index in [-0.39, 0.29) is 5.78 Å². The van der Waals surface area contributed by atoms with E-state index in [9.17, 15) is 4.79 Å². The van der Waals surface area contributed by atoms with E-state index in [1.807, 2.05) is 12.1 Å². The molecule has 2 aromatic carbocycles. The van der Waals surface area contributed by atoms with Crippen LogP contribution in [0.25, 0.3) is 0 Å². The molecule has 0 amide bonds. The van der Waals surface area contributed by atoms with Gasteiger partial charge in [0.1, 0.15) is 0 Å². The fraction of sp³-hybridized carbons (Fsp3) is 0.0667. The number of carbonyl (C=O) groups excluding carboxylic acids is 1. The number of hydrogen-bond donors (Lipinski definition) is 2. The molecule has 94 valence electrons. The third kappa shape index (κ3) is 2.90. The smallest absolute Gasteiger partial charge is 0.159 e. The van der Waals surface area contributed by atoms with Crippen molar-refractivity contribution in [3.63, 3.8) is 0 Å². The largest absolute Gasteiger partial charge is 0.397 e. The average Bonchev–Trinajstić information content (AvgIpc) is 2.41. The summed E-state index contributed by atoms with van der Waals surface area (Å²) in [5.41, 5.74) is 9.00. The first kappa shape index (κ1) is 12.7. The normalized spacial score (nSPS) is 9.68. The number of nitrogens with one attached hydrogen (secondary N) is 1. The first-order valence-electron chi connectivity index (χ1n) is 5.78. The Morgan fingerprint density at radius 1 is 1.26 bits per heavy atom. The molecule has 4 heteroatoms. The summed E-state index contributed by atoms with van der Waals surface area (Å²) in [5, 5.41) is 11.9. The van der Waals surface area contributed by atoms with Crippen molar-refractivity contribution in [3.8, 4) is 6.07 Å². The van der Waals surface area contributed by atoms with Crippen LogP contribution in [0.5, 0.6) is 0 Å². The highest BCUT2D eigenvalue weighted by Crippen LogP contribution is 2.24. The summed E-state index contributed by atoms with van der Waals surface area (Å²) < 4.78 is 0. The summed E-state index contributed by atoms with van der Waals surface area (Å²) in [6.45, 7) is 1.52. The van der Waals surface area contributed by atoms with E-state index in [0.29, 0.717) is 22.5 Å². The first-order chi connectivity index (χ1) is 9.10. The zero-order valence-corrected chi connectivity index (χ0v) is 10.5. The van der Waals surface area contributed by atoms with Crippen molar-refractivity contribution >= 4 is 22.8 Å². The molecular weight excluding hydrogens is 238 g/mol. The molecule has 0 atom stereocenters. The van der Waals surface area contributed by atoms with Crippen LogP contribution in [0.1, 0.15) is 22.8 Å². The molecule has 0 aliphatic rings. The van der Waals surface area contributed by atoms with Gasteiger partial charge in [0.15, 0.2) is 5.78 Å². The summed E-state index contributed by atoms with van der Waals surface area (Å²) in [5.74, 6) is 0.0106. The maximum atomic E-state index is 11.3. The van der Waals surface area contributed by atoms with Crippen molar-refractivity contribution in [2.24, 2.45) is 0 Å². The number of nitrogen functional groups attached to an aromatic ring is 1. The Hall–Kier alpha value is -2.80. The van der Waals surface area contributed by atoms with E-state index in [1.54, 1.807) is 36.4 Å². The number of benzene rings is 2. The molecule has 0 fully saturated rings. The molecule has 0 heterocycles. The van der Waals surface area contributed by atoms with Crippen molar-refractivity contribution < 1.29 is 4.79 Å². The molecule has 0 saturated carbocycles. The number of nitriles is 1. The maximum Gasteiger partial charge on any atom is 0.159 e. The van der Waals surface area contributed by atoms with Gasteiger partial charge in [-0.05, 0) is 37.3 Å². The van der Waals surface area contributed by atoms with Crippen LogP contribution in [0.15, 0.2) is 42.5 Å². The summed E-state index contributed by atoms with van der Waals surface area (Å²) in [4.78, 5) is 11.3. The fourth-order valence-electron chi connectivity index (χ4n) is 1.72. The minimum atomic E-state index is 0.0106. The Morgan fingerprint density at radius 3 is 2.68 bits per heavy atom. The third-order valence-corrected chi connectivity index (χ3v) is 2.73. The van der Waals surface area contributed by atoms with Crippen LogP contribution in [0, 0.1) is 11.3 Å². The number of rotatable bonds is 3. The predicted molar refractivity (Wildman–Crippen MR) is 75.3 cm³/mol. The SMILES string of the molecule is CC(=O)c1cccc(Nc2ccc(C#N)cc2N)c1. The predicted octanol–water partition coefficient (Wildman–Crippen LogP) is 3.09. The topological polar surface area (TPSA) is 78.9 Å². The van der Waals surface area contributed by atoms with Crippen molar-refractivity contribution in [3.05, 3.63) is 53.6 Å². The molecule has 0 saturated heterocycles. The van der Waals surface area contributed by atoms with E-state index in [2.05, 4.69) is 5.32 Å². The zero-order chi connectivity index (χ0) is 13.8. The van der Waals surface area contributed by atoms with Crippen molar-refractivity contribution in [1.82, 2.24) is 0 Å². The molecule has 0 spiro atoms. The lowest BCUT2D eigenvalue weighted by atomic mass is 10.1. The van der Waals surface area contributed by atoms with Crippen LogP contribution in [0.4, 0.5) is 17.1 Å². The molecule has 2 aromatic rings. The van der Waals surface area contributed by atoms with Gasteiger partial charge in [0.05, 0.1) is 23.0 Å². The van der Waals surface area contributed by atoms with E-state index in [0.717, 1.165) is 5.69 Å². The highest BCUT2D eigenvalue weighted by atomic mass is 16.1. The second kappa shape index (κ2) is 5.23. The zero-order valence-electron chi connectivity index (χ0n) is 10.5. The molecule has 2 rings (SSSR count). The molecule has 0 aliphatic carbocycles. The van der Waals surface area contributed by atoms with E-state index in [4.69, 9.17) is 11.0 Å². The Labute approximate surface area is 111 Å². The van der Waals surface area contributed by atoms with Crippen LogP contribution in [-0.2, 0) is 0 Å². The first-order valence-corrected chi connectivity index (χ1v) is 5.78. The van der Waals surface area contributed by atoms with Gasteiger partial charge in [-0.3, -0.25) is 4.79 Å². The standard InChI is InChI=1S/C15H13N3O/c1-10(19)12-3-2-4-13(8-12)18-15-6-5-11(9-16)7-14(15)17/h2-8,18H,17H2,1H3. The van der Waals surface area contributed by atoms with E-state index in [1.165, 1.54) is 6.92 Å². The van der Waals surface area contributed by atoms with Crippen LogP contribution >= 0.6 is 0 Å². The van der Waals surface area contributed by atoms with Crippen LogP contribution in [-0.4, -0.2) is 5.78 Å². The lowest BCUT2D eigenvalue weighted by molar-refractivity contribution is 0.101. The van der Waals surface area contributed by atoms with E-state index >= 15 is 0 Å². The summed E-state index contributed by atoms with van der Waals surface area (Å²) in [6.07, 6.45) is 0. The molecule has 0 bridgehead atoms. The summed E-state index contributed by atoms with van der Waals surface area (Å²) in [7, 11) is 0. The number of carbonyl (C=O) groups is 1. The highest BCUT2D eigenvalue weighted by Gasteiger charge is 2.03. The Bertz CT molecular complexity index is 671. The van der Waals surface area contributed by atoms with Gasteiger partial charge >= 0.3 is 0 Å². The fourth-order valence-corrected chi connectivity index (χ4v) is 1.72. The van der Waals surface area contributed by atoms with Gasteiger partial charge in [-0.2, -0.15) is 5.26 Å². The van der Waals surface area contributed by atoms with Gasteiger partial charge in [-0.15, -0.1) is 0 Å². The molecule has 19 heavy (non-hydrogen) atoms. The molecule has 0 unspecified atom stereocenters. The summed E-state index contributed by atoms with van der Waals surface area (Å²) in [6, 6.07) is 14.3. The van der Waals surface area contributed by atoms with Crippen LogP contribution < -0.4 is 11.1 Å². The van der Waals surface area contributed by atoms with Gasteiger partial charge in [0.25, 0.3) is 0 Å². The average molecular weight is 251 g/mol. The number of nitrogens with zero attached hydrogens (tertiary/aromatic N) is 1. The molecular formula is C15H13N3O. The second-order valence-corrected chi connectivity index (χ2v) is 4.18. The number of hydrogen-bond acceptors (Lipinski definition) is 4. The molecule has 0 radical (unpaired) electrons. The molecule has 3 N–H and O–H groups in total. The van der Waals surface area contributed by atoms with Crippen molar-refractivity contribution in [1.29, 1.82) is 5.26 Å². The van der Waals surface area contributed by atoms with Crippen molar-refractivity contribution in [2.75, 3.05) is 11.1 Å². The van der Waals surface area contributed by atoms with E-state index < -0.39 is 0 Å².